The van der Waals surface area contributed by atoms with Crippen LogP contribution in [0.2, 0.25) is 0 Å². The molecule has 3 amide bonds. The summed E-state index contributed by atoms with van der Waals surface area (Å²) >= 11 is 2.78. The molecule has 0 spiro atoms. The van der Waals surface area contributed by atoms with Crippen molar-refractivity contribution in [2.24, 2.45) is 0 Å². The highest BCUT2D eigenvalue weighted by molar-refractivity contribution is 8.00. The van der Waals surface area contributed by atoms with Crippen LogP contribution in [0, 0.1) is 0 Å². The van der Waals surface area contributed by atoms with E-state index in [2.05, 4.69) is 45.2 Å². The second-order valence-corrected chi connectivity index (χ2v) is 13.4. The summed E-state index contributed by atoms with van der Waals surface area (Å²) in [4.78, 5) is 45.1. The third-order valence-electron chi connectivity index (χ3n) is 7.62. The highest BCUT2D eigenvalue weighted by atomic mass is 32.2. The maximum Gasteiger partial charge on any atom is 0.272 e. The molecule has 1 atom stereocenters. The topological polar surface area (TPSA) is 109 Å². The molecule has 0 aliphatic heterocycles. The van der Waals surface area contributed by atoms with Crippen LogP contribution in [0.3, 0.4) is 0 Å². The zero-order valence-electron chi connectivity index (χ0n) is 27.4. The molecule has 0 saturated carbocycles. The molecule has 250 valence electrons. The number of anilines is 2. The SMILES string of the molecule is CCOc1ccccc1/C=C(\NC(=O)c1ccccc1)C(=O)Nc1ccc(SC(C)C(=O)Nc2nc(-c3ccc4ccccc4c3)cs2)cc1. The molecule has 0 aliphatic rings. The Morgan fingerprint density at radius 3 is 2.34 bits per heavy atom. The van der Waals surface area contributed by atoms with E-state index >= 15 is 0 Å². The fraction of sp³-hybridized carbons (Fsp3) is 0.100. The minimum atomic E-state index is -0.500. The summed E-state index contributed by atoms with van der Waals surface area (Å²) in [5, 5.41) is 12.9. The first-order valence-electron chi connectivity index (χ1n) is 16.0. The lowest BCUT2D eigenvalue weighted by Crippen LogP contribution is -2.30. The lowest BCUT2D eigenvalue weighted by atomic mass is 10.1. The minimum absolute atomic E-state index is 0.0562. The van der Waals surface area contributed by atoms with Crippen molar-refractivity contribution in [1.29, 1.82) is 0 Å². The van der Waals surface area contributed by atoms with Gasteiger partial charge in [-0.15, -0.1) is 23.1 Å². The lowest BCUT2D eigenvalue weighted by molar-refractivity contribution is -0.115. The normalized spacial score (nSPS) is 11.8. The van der Waals surface area contributed by atoms with Gasteiger partial charge in [-0.2, -0.15) is 0 Å². The average molecular weight is 699 g/mol. The first kappa shape index (κ1) is 34.2. The molecule has 8 nitrogen and oxygen atoms in total. The molecule has 5 aromatic carbocycles. The number of benzene rings is 5. The number of para-hydroxylation sites is 1. The molecule has 1 heterocycles. The molecule has 0 bridgehead atoms. The first-order valence-corrected chi connectivity index (χ1v) is 17.8. The molecule has 0 radical (unpaired) electrons. The molecule has 0 fully saturated rings. The van der Waals surface area contributed by atoms with E-state index in [1.807, 2.05) is 79.9 Å². The van der Waals surface area contributed by atoms with E-state index < -0.39 is 17.1 Å². The standard InChI is InChI=1S/C40H34N4O4S2/c1-3-48-36-16-10-9-15-31(36)24-34(42-38(46)28-12-5-4-6-13-28)39(47)41-32-19-21-33(22-20-32)50-26(2)37(45)44-40-43-35(25-49-40)30-18-17-27-11-7-8-14-29(27)23-30/h4-26H,3H2,1-2H3,(H,41,47)(H,42,46)(H,43,44,45)/b34-24-. The van der Waals surface area contributed by atoms with E-state index in [9.17, 15) is 14.4 Å². The van der Waals surface area contributed by atoms with E-state index in [-0.39, 0.29) is 11.6 Å². The van der Waals surface area contributed by atoms with Crippen LogP contribution in [-0.4, -0.2) is 34.6 Å². The van der Waals surface area contributed by atoms with Crippen molar-refractivity contribution in [3.63, 3.8) is 0 Å². The highest BCUT2D eigenvalue weighted by Crippen LogP contribution is 2.30. The zero-order valence-corrected chi connectivity index (χ0v) is 29.0. The van der Waals surface area contributed by atoms with Crippen molar-refractivity contribution in [3.8, 4) is 17.0 Å². The number of nitrogens with one attached hydrogen (secondary N) is 3. The predicted octanol–water partition coefficient (Wildman–Crippen LogP) is 8.89. The summed E-state index contributed by atoms with van der Waals surface area (Å²) in [5.74, 6) is -0.486. The van der Waals surface area contributed by atoms with Crippen LogP contribution in [-0.2, 0) is 9.59 Å². The number of rotatable bonds is 12. The fourth-order valence-corrected chi connectivity index (χ4v) is 6.67. The highest BCUT2D eigenvalue weighted by Gasteiger charge is 2.19. The Hall–Kier alpha value is -5.71. The Bertz CT molecular complexity index is 2160. The predicted molar refractivity (Wildman–Crippen MR) is 204 cm³/mol. The molecule has 0 aliphatic carbocycles. The fourth-order valence-electron chi connectivity index (χ4n) is 5.08. The summed E-state index contributed by atoms with van der Waals surface area (Å²) in [6.45, 7) is 4.16. The second-order valence-electron chi connectivity index (χ2n) is 11.2. The van der Waals surface area contributed by atoms with Gasteiger partial charge in [0, 0.05) is 32.7 Å². The van der Waals surface area contributed by atoms with Gasteiger partial charge < -0.3 is 20.7 Å². The van der Waals surface area contributed by atoms with Gasteiger partial charge in [0.25, 0.3) is 11.8 Å². The average Bonchev–Trinajstić information content (AvgIpc) is 3.61. The number of thioether (sulfide) groups is 1. The van der Waals surface area contributed by atoms with E-state index in [0.717, 1.165) is 26.9 Å². The van der Waals surface area contributed by atoms with Crippen molar-refractivity contribution in [3.05, 3.63) is 144 Å². The second kappa shape index (κ2) is 16.1. The minimum Gasteiger partial charge on any atom is -0.493 e. The van der Waals surface area contributed by atoms with E-state index in [0.29, 0.717) is 34.3 Å². The van der Waals surface area contributed by atoms with Crippen molar-refractivity contribution in [2.45, 2.75) is 24.0 Å². The molecule has 0 saturated heterocycles. The van der Waals surface area contributed by atoms with Crippen LogP contribution in [0.15, 0.2) is 137 Å². The van der Waals surface area contributed by atoms with Crippen LogP contribution in [0.1, 0.15) is 29.8 Å². The number of ether oxygens (including phenoxy) is 1. The zero-order chi connectivity index (χ0) is 34.9. The van der Waals surface area contributed by atoms with Crippen LogP contribution in [0.4, 0.5) is 10.8 Å². The number of hydrogen-bond acceptors (Lipinski definition) is 7. The molecular formula is C40H34N4O4S2. The van der Waals surface area contributed by atoms with Gasteiger partial charge in [0.05, 0.1) is 17.6 Å². The molecule has 1 aromatic heterocycles. The number of aromatic nitrogens is 1. The summed E-state index contributed by atoms with van der Waals surface area (Å²) < 4.78 is 5.73. The Labute approximate surface area is 298 Å². The number of carbonyl (C=O) groups excluding carboxylic acids is 3. The van der Waals surface area contributed by atoms with Gasteiger partial charge in [-0.1, -0.05) is 72.8 Å². The van der Waals surface area contributed by atoms with Gasteiger partial charge in [-0.25, -0.2) is 4.98 Å². The summed E-state index contributed by atoms with van der Waals surface area (Å²) in [6.07, 6.45) is 1.60. The monoisotopic (exact) mass is 698 g/mol. The number of fused-ring (bicyclic) bond motifs is 1. The molecule has 6 rings (SSSR count). The Kier molecular flexibility index (Phi) is 11.0. The summed E-state index contributed by atoms with van der Waals surface area (Å²) in [7, 11) is 0. The van der Waals surface area contributed by atoms with E-state index in [1.165, 1.54) is 23.1 Å². The van der Waals surface area contributed by atoms with Crippen LogP contribution < -0.4 is 20.7 Å². The third-order valence-corrected chi connectivity index (χ3v) is 9.49. The number of carbonyl (C=O) groups is 3. The molecular weight excluding hydrogens is 665 g/mol. The van der Waals surface area contributed by atoms with Gasteiger partial charge in [0.2, 0.25) is 5.91 Å². The van der Waals surface area contributed by atoms with Gasteiger partial charge in [0.1, 0.15) is 11.4 Å². The number of nitrogens with zero attached hydrogens (tertiary/aromatic N) is 1. The number of amides is 3. The molecule has 3 N–H and O–H groups in total. The maximum atomic E-state index is 13.5. The summed E-state index contributed by atoms with van der Waals surface area (Å²) in [5.41, 5.74) is 3.45. The smallest absolute Gasteiger partial charge is 0.272 e. The Balaban J connectivity index is 1.09. The number of thiazole rings is 1. The molecule has 50 heavy (non-hydrogen) atoms. The van der Waals surface area contributed by atoms with Crippen molar-refractivity contribution in [1.82, 2.24) is 10.3 Å². The molecule has 1 unspecified atom stereocenters. The van der Waals surface area contributed by atoms with Crippen LogP contribution in [0.25, 0.3) is 28.1 Å². The largest absolute Gasteiger partial charge is 0.493 e. The van der Waals surface area contributed by atoms with Crippen molar-refractivity contribution < 1.29 is 19.1 Å². The van der Waals surface area contributed by atoms with Crippen LogP contribution in [0.5, 0.6) is 5.75 Å². The molecule has 10 heteroatoms. The lowest BCUT2D eigenvalue weighted by Gasteiger charge is -2.14. The van der Waals surface area contributed by atoms with Gasteiger partial charge >= 0.3 is 0 Å². The van der Waals surface area contributed by atoms with Gasteiger partial charge in [-0.05, 0) is 79.2 Å². The quantitative estimate of drug-likeness (QED) is 0.0870. The third kappa shape index (κ3) is 8.65. The summed E-state index contributed by atoms with van der Waals surface area (Å²) in [6, 6.07) is 37.5. The van der Waals surface area contributed by atoms with Crippen molar-refractivity contribution in [2.75, 3.05) is 17.2 Å². The number of hydrogen-bond donors (Lipinski definition) is 3. The Morgan fingerprint density at radius 1 is 0.840 bits per heavy atom. The van der Waals surface area contributed by atoms with Gasteiger partial charge in [-0.3, -0.25) is 14.4 Å². The van der Waals surface area contributed by atoms with E-state index in [1.54, 1.807) is 42.5 Å². The van der Waals surface area contributed by atoms with Gasteiger partial charge in [0.15, 0.2) is 5.13 Å². The molecule has 6 aromatic rings. The Morgan fingerprint density at radius 2 is 1.56 bits per heavy atom. The van der Waals surface area contributed by atoms with E-state index in [4.69, 9.17) is 4.74 Å². The first-order chi connectivity index (χ1) is 24.4. The maximum absolute atomic E-state index is 13.5. The van der Waals surface area contributed by atoms with Crippen molar-refractivity contribution >= 4 is 68.5 Å². The van der Waals surface area contributed by atoms with Crippen LogP contribution >= 0.6 is 23.1 Å².